The summed E-state index contributed by atoms with van der Waals surface area (Å²) in [6, 6.07) is 59.5. The second kappa shape index (κ2) is 10.7. The normalized spacial score (nSPS) is 11.6. The van der Waals surface area contributed by atoms with Crippen LogP contribution in [0.3, 0.4) is 0 Å². The minimum Gasteiger partial charge on any atom is -0.310 e. The lowest BCUT2D eigenvalue weighted by Gasteiger charge is -2.27. The van der Waals surface area contributed by atoms with Crippen LogP contribution in [0.1, 0.15) is 0 Å². The summed E-state index contributed by atoms with van der Waals surface area (Å²) in [6.45, 7) is 0. The minimum atomic E-state index is 1.14. The van der Waals surface area contributed by atoms with Crippen molar-refractivity contribution in [2.45, 2.75) is 0 Å². The summed E-state index contributed by atoms with van der Waals surface area (Å²) < 4.78 is 5.28. The number of thiophene rings is 2. The molecule has 0 amide bonds. The number of para-hydroxylation sites is 1. The Hall–Kier alpha value is -5.22. The van der Waals surface area contributed by atoms with Crippen molar-refractivity contribution in [2.24, 2.45) is 0 Å². The van der Waals surface area contributed by atoms with Crippen molar-refractivity contribution < 1.29 is 0 Å². The molecule has 0 unspecified atom stereocenters. The van der Waals surface area contributed by atoms with Gasteiger partial charge in [0.1, 0.15) is 0 Å². The molecule has 0 saturated carbocycles. The van der Waals surface area contributed by atoms with E-state index in [1.54, 1.807) is 0 Å². The van der Waals surface area contributed by atoms with Crippen LogP contribution in [-0.2, 0) is 0 Å². The highest BCUT2D eigenvalue weighted by atomic mass is 32.1. The Morgan fingerprint density at radius 1 is 0.378 bits per heavy atom. The molecule has 0 fully saturated rings. The van der Waals surface area contributed by atoms with Crippen molar-refractivity contribution in [1.82, 2.24) is 0 Å². The molecule has 0 aliphatic carbocycles. The zero-order valence-corrected chi connectivity index (χ0v) is 26.0. The number of fused-ring (bicyclic) bond motifs is 6. The summed E-state index contributed by atoms with van der Waals surface area (Å²) in [4.78, 5) is 2.41. The predicted molar refractivity (Wildman–Crippen MR) is 198 cm³/mol. The summed E-state index contributed by atoms with van der Waals surface area (Å²) in [7, 11) is 0. The molecule has 0 N–H and O–H groups in total. The monoisotopic (exact) mass is 609 g/mol. The quantitative estimate of drug-likeness (QED) is 0.188. The average Bonchev–Trinajstić information content (AvgIpc) is 3.68. The van der Waals surface area contributed by atoms with E-state index in [0.29, 0.717) is 0 Å². The molecule has 7 aromatic carbocycles. The van der Waals surface area contributed by atoms with Crippen molar-refractivity contribution in [1.29, 1.82) is 0 Å². The van der Waals surface area contributed by atoms with Crippen molar-refractivity contribution in [3.05, 3.63) is 164 Å². The van der Waals surface area contributed by atoms with Gasteiger partial charge in [-0.2, -0.15) is 0 Å². The number of nitrogens with zero attached hydrogens (tertiary/aromatic N) is 1. The van der Waals surface area contributed by atoms with Crippen LogP contribution in [0.25, 0.3) is 62.6 Å². The molecular formula is C42H27NS2. The number of hydrogen-bond acceptors (Lipinski definition) is 3. The van der Waals surface area contributed by atoms with Gasteiger partial charge in [-0.1, -0.05) is 115 Å². The molecule has 45 heavy (non-hydrogen) atoms. The largest absolute Gasteiger partial charge is 0.310 e. The van der Waals surface area contributed by atoms with Crippen LogP contribution in [0.4, 0.5) is 17.1 Å². The maximum absolute atomic E-state index is 2.41. The summed E-state index contributed by atoms with van der Waals surface area (Å²) in [5.41, 5.74) is 8.44. The van der Waals surface area contributed by atoms with E-state index in [4.69, 9.17) is 0 Å². The molecule has 9 rings (SSSR count). The van der Waals surface area contributed by atoms with Crippen LogP contribution in [-0.4, -0.2) is 0 Å². The Balaban J connectivity index is 1.21. The van der Waals surface area contributed by atoms with Gasteiger partial charge in [0, 0.05) is 51.7 Å². The second-order valence-corrected chi connectivity index (χ2v) is 13.5. The van der Waals surface area contributed by atoms with Crippen LogP contribution in [0.15, 0.2) is 164 Å². The van der Waals surface area contributed by atoms with Crippen molar-refractivity contribution in [3.63, 3.8) is 0 Å². The van der Waals surface area contributed by atoms with Gasteiger partial charge in [0.25, 0.3) is 0 Å². The zero-order chi connectivity index (χ0) is 29.7. The first-order chi connectivity index (χ1) is 22.3. The molecule has 9 aromatic rings. The number of hydrogen-bond donors (Lipinski definition) is 0. The van der Waals surface area contributed by atoms with Gasteiger partial charge < -0.3 is 4.90 Å². The third kappa shape index (κ3) is 4.43. The highest BCUT2D eigenvalue weighted by molar-refractivity contribution is 7.26. The summed E-state index contributed by atoms with van der Waals surface area (Å²) in [5.74, 6) is 0. The lowest BCUT2D eigenvalue weighted by Crippen LogP contribution is -2.10. The van der Waals surface area contributed by atoms with Gasteiger partial charge >= 0.3 is 0 Å². The van der Waals surface area contributed by atoms with E-state index >= 15 is 0 Å². The molecular weight excluding hydrogens is 583 g/mol. The highest BCUT2D eigenvalue weighted by Crippen LogP contribution is 2.48. The Labute approximate surface area is 269 Å². The van der Waals surface area contributed by atoms with E-state index in [2.05, 4.69) is 169 Å². The predicted octanol–water partition coefficient (Wildman–Crippen LogP) is 13.2. The molecule has 0 spiro atoms. The van der Waals surface area contributed by atoms with Gasteiger partial charge in [0.05, 0.1) is 5.69 Å². The van der Waals surface area contributed by atoms with Gasteiger partial charge in [-0.3, -0.25) is 0 Å². The molecule has 2 aromatic heterocycles. The maximum atomic E-state index is 2.41. The van der Waals surface area contributed by atoms with Gasteiger partial charge in [0.2, 0.25) is 0 Å². The van der Waals surface area contributed by atoms with Crippen molar-refractivity contribution >= 4 is 80.1 Å². The first-order valence-electron chi connectivity index (χ1n) is 15.2. The molecule has 2 heterocycles. The van der Waals surface area contributed by atoms with Crippen LogP contribution in [0, 0.1) is 0 Å². The van der Waals surface area contributed by atoms with E-state index in [0.717, 1.165) is 11.4 Å². The molecule has 0 bridgehead atoms. The van der Waals surface area contributed by atoms with E-state index in [-0.39, 0.29) is 0 Å². The highest BCUT2D eigenvalue weighted by Gasteiger charge is 2.21. The van der Waals surface area contributed by atoms with Crippen LogP contribution < -0.4 is 4.90 Å². The molecule has 0 saturated heterocycles. The number of rotatable bonds is 5. The smallest absolute Gasteiger partial charge is 0.0555 e. The average molecular weight is 610 g/mol. The van der Waals surface area contributed by atoms with E-state index in [1.807, 2.05) is 22.7 Å². The van der Waals surface area contributed by atoms with Crippen LogP contribution >= 0.6 is 22.7 Å². The molecule has 0 aliphatic heterocycles. The SMILES string of the molecule is c1ccc(-c2ccc(N(c3ccccc3)c3ccc(-c4ccc5c(c4)sc4ccccc45)cc3)c3c2sc2ccccc23)cc1. The fourth-order valence-electron chi connectivity index (χ4n) is 6.55. The number of anilines is 3. The lowest BCUT2D eigenvalue weighted by atomic mass is 9.99. The molecule has 0 radical (unpaired) electrons. The Morgan fingerprint density at radius 3 is 1.76 bits per heavy atom. The van der Waals surface area contributed by atoms with Gasteiger partial charge in [0.15, 0.2) is 0 Å². The summed E-state index contributed by atoms with van der Waals surface area (Å²) in [6.07, 6.45) is 0. The van der Waals surface area contributed by atoms with E-state index in [1.165, 1.54) is 68.3 Å². The zero-order valence-electron chi connectivity index (χ0n) is 24.4. The first-order valence-corrected chi connectivity index (χ1v) is 16.8. The lowest BCUT2D eigenvalue weighted by molar-refractivity contribution is 1.30. The molecule has 0 aliphatic rings. The van der Waals surface area contributed by atoms with Crippen LogP contribution in [0.5, 0.6) is 0 Å². The van der Waals surface area contributed by atoms with Crippen LogP contribution in [0.2, 0.25) is 0 Å². The summed E-state index contributed by atoms with van der Waals surface area (Å²) >= 11 is 3.75. The maximum Gasteiger partial charge on any atom is 0.0555 e. The third-order valence-electron chi connectivity index (χ3n) is 8.68. The third-order valence-corrected chi connectivity index (χ3v) is 11.0. The van der Waals surface area contributed by atoms with E-state index < -0.39 is 0 Å². The molecule has 212 valence electrons. The molecule has 0 atom stereocenters. The van der Waals surface area contributed by atoms with Crippen molar-refractivity contribution in [3.8, 4) is 22.3 Å². The van der Waals surface area contributed by atoms with Gasteiger partial charge in [-0.15, -0.1) is 22.7 Å². The Morgan fingerprint density at radius 2 is 0.978 bits per heavy atom. The molecule has 1 nitrogen and oxygen atoms in total. The fourth-order valence-corrected chi connectivity index (χ4v) is 8.96. The first kappa shape index (κ1) is 26.2. The topological polar surface area (TPSA) is 3.24 Å². The van der Waals surface area contributed by atoms with Gasteiger partial charge in [-0.05, 0) is 70.8 Å². The van der Waals surface area contributed by atoms with Gasteiger partial charge in [-0.25, -0.2) is 0 Å². The second-order valence-electron chi connectivity index (χ2n) is 11.3. The minimum absolute atomic E-state index is 1.14. The standard InChI is InChI=1S/C42H27NS2/c1-3-11-29(12-4-1)33-25-26-37(41-36-16-8-10-18-39(36)45-42(33)41)43(31-13-5-2-6-14-31)32-22-19-28(20-23-32)30-21-24-35-34-15-7-9-17-38(34)44-40(35)27-30/h1-27H. The Bertz CT molecular complexity index is 2470. The molecule has 3 heteroatoms. The Kier molecular flexibility index (Phi) is 6.26. The van der Waals surface area contributed by atoms with E-state index in [9.17, 15) is 0 Å². The van der Waals surface area contributed by atoms with Crippen molar-refractivity contribution in [2.75, 3.05) is 4.90 Å². The number of benzene rings is 7. The fraction of sp³-hybridized carbons (Fsp3) is 0. The summed E-state index contributed by atoms with van der Waals surface area (Å²) in [5, 5.41) is 5.25.